The second-order valence-electron chi connectivity index (χ2n) is 4.23. The third-order valence-corrected chi connectivity index (χ3v) is 3.13. The Morgan fingerprint density at radius 3 is 2.65 bits per heavy atom. The highest BCUT2D eigenvalue weighted by Gasteiger charge is 2.13. The van der Waals surface area contributed by atoms with E-state index in [1.807, 2.05) is 30.3 Å². The maximum Gasteiger partial charge on any atom is 0.151 e. The number of pyridine rings is 1. The number of aliphatic hydroxyl groups is 1. The molecule has 2 atom stereocenters. The van der Waals surface area contributed by atoms with Gasteiger partial charge in [-0.15, -0.1) is 0 Å². The topological polar surface area (TPSA) is 42.4 Å². The van der Waals surface area contributed by atoms with E-state index in [2.05, 4.69) is 32.8 Å². The van der Waals surface area contributed by atoms with Gasteiger partial charge in [0.05, 0.1) is 0 Å². The van der Waals surface area contributed by atoms with Crippen LogP contribution in [0.15, 0.2) is 53.3 Å². The molecule has 2 aromatic rings. The van der Waals surface area contributed by atoms with Crippen molar-refractivity contribution >= 4 is 15.9 Å². The van der Waals surface area contributed by atoms with E-state index in [0.29, 0.717) is 5.75 Å². The van der Waals surface area contributed by atoms with Crippen LogP contribution in [0.4, 0.5) is 0 Å². The highest BCUT2D eigenvalue weighted by Crippen LogP contribution is 2.17. The van der Waals surface area contributed by atoms with Crippen molar-refractivity contribution in [3.8, 4) is 17.6 Å². The van der Waals surface area contributed by atoms with Crippen molar-refractivity contribution in [2.75, 3.05) is 0 Å². The van der Waals surface area contributed by atoms with Gasteiger partial charge in [0.25, 0.3) is 0 Å². The normalized spacial score (nSPS) is 12.9. The molecular formula is C16H14BrNO2. The fourth-order valence-corrected chi connectivity index (χ4v) is 1.77. The highest BCUT2D eigenvalue weighted by molar-refractivity contribution is 9.10. The standard InChI is InChI=1S/C16H14BrNO2/c1-12(20-15-7-5-14(17)6-8-15)16(19)9-4-13-3-2-10-18-11-13/h2-3,5-8,10-12,16,19H,1H3/t12-,16?/m0/s1. The lowest BCUT2D eigenvalue weighted by molar-refractivity contribution is 0.0855. The average Bonchev–Trinajstić information content (AvgIpc) is 2.48. The summed E-state index contributed by atoms with van der Waals surface area (Å²) in [5, 5.41) is 9.97. The number of ether oxygens (including phenoxy) is 1. The van der Waals surface area contributed by atoms with Gasteiger partial charge in [-0.1, -0.05) is 27.8 Å². The molecule has 1 unspecified atom stereocenters. The van der Waals surface area contributed by atoms with Gasteiger partial charge in [-0.25, -0.2) is 0 Å². The molecule has 0 aliphatic rings. The van der Waals surface area contributed by atoms with Gasteiger partial charge in [0.2, 0.25) is 0 Å². The van der Waals surface area contributed by atoms with Crippen LogP contribution in [0.5, 0.6) is 5.75 Å². The van der Waals surface area contributed by atoms with E-state index >= 15 is 0 Å². The van der Waals surface area contributed by atoms with Crippen LogP contribution in [0.2, 0.25) is 0 Å². The van der Waals surface area contributed by atoms with Crippen LogP contribution >= 0.6 is 15.9 Å². The number of aromatic nitrogens is 1. The van der Waals surface area contributed by atoms with Gasteiger partial charge in [0.15, 0.2) is 6.10 Å². The van der Waals surface area contributed by atoms with Crippen LogP contribution in [0.25, 0.3) is 0 Å². The number of benzene rings is 1. The minimum atomic E-state index is -0.862. The van der Waals surface area contributed by atoms with E-state index in [1.165, 1.54) is 0 Å². The van der Waals surface area contributed by atoms with Crippen molar-refractivity contribution in [2.24, 2.45) is 0 Å². The van der Waals surface area contributed by atoms with Gasteiger partial charge >= 0.3 is 0 Å². The lowest BCUT2D eigenvalue weighted by atomic mass is 10.2. The maximum atomic E-state index is 9.97. The smallest absolute Gasteiger partial charge is 0.151 e. The zero-order chi connectivity index (χ0) is 14.4. The molecule has 20 heavy (non-hydrogen) atoms. The highest BCUT2D eigenvalue weighted by atomic mass is 79.9. The van der Waals surface area contributed by atoms with Crippen molar-refractivity contribution in [3.05, 3.63) is 58.8 Å². The molecule has 0 amide bonds. The Balaban J connectivity index is 1.97. The van der Waals surface area contributed by atoms with Gasteiger partial charge in [0, 0.05) is 22.4 Å². The van der Waals surface area contributed by atoms with Crippen LogP contribution in [-0.2, 0) is 0 Å². The van der Waals surface area contributed by atoms with Crippen LogP contribution in [0, 0.1) is 11.8 Å². The summed E-state index contributed by atoms with van der Waals surface area (Å²) in [6.07, 6.45) is 2.06. The Labute approximate surface area is 126 Å². The molecule has 1 heterocycles. The Bertz CT molecular complexity index is 602. The number of aliphatic hydroxyl groups excluding tert-OH is 1. The quantitative estimate of drug-likeness (QED) is 0.879. The second-order valence-corrected chi connectivity index (χ2v) is 5.15. The second kappa shape index (κ2) is 7.09. The Morgan fingerprint density at radius 2 is 2.00 bits per heavy atom. The Morgan fingerprint density at radius 1 is 1.25 bits per heavy atom. The fraction of sp³-hybridized carbons (Fsp3) is 0.188. The first-order chi connectivity index (χ1) is 9.65. The van der Waals surface area contributed by atoms with E-state index in [-0.39, 0.29) is 0 Å². The minimum absolute atomic E-state index is 0.416. The first-order valence-electron chi connectivity index (χ1n) is 6.17. The summed E-state index contributed by atoms with van der Waals surface area (Å²) in [5.41, 5.74) is 0.766. The van der Waals surface area contributed by atoms with Crippen molar-refractivity contribution in [3.63, 3.8) is 0 Å². The van der Waals surface area contributed by atoms with Crippen LogP contribution in [-0.4, -0.2) is 22.3 Å². The van der Waals surface area contributed by atoms with E-state index in [9.17, 15) is 5.11 Å². The molecule has 4 heteroatoms. The molecule has 0 fully saturated rings. The molecule has 0 aliphatic carbocycles. The van der Waals surface area contributed by atoms with Gasteiger partial charge in [0.1, 0.15) is 11.9 Å². The van der Waals surface area contributed by atoms with Crippen molar-refractivity contribution in [2.45, 2.75) is 19.1 Å². The summed E-state index contributed by atoms with van der Waals surface area (Å²) in [5.74, 6) is 6.33. The number of halogens is 1. The fourth-order valence-electron chi connectivity index (χ4n) is 1.50. The number of rotatable bonds is 3. The Hall–Kier alpha value is -1.83. The lowest BCUT2D eigenvalue weighted by Crippen LogP contribution is -2.27. The first kappa shape index (κ1) is 14.6. The van der Waals surface area contributed by atoms with Gasteiger partial charge in [-0.3, -0.25) is 4.98 Å². The third kappa shape index (κ3) is 4.37. The predicted octanol–water partition coefficient (Wildman–Crippen LogP) is 3.02. The van der Waals surface area contributed by atoms with E-state index < -0.39 is 12.2 Å². The van der Waals surface area contributed by atoms with Crippen molar-refractivity contribution in [1.29, 1.82) is 0 Å². The summed E-state index contributed by atoms with van der Waals surface area (Å²) in [6, 6.07) is 11.1. The molecule has 102 valence electrons. The molecule has 3 nitrogen and oxygen atoms in total. The third-order valence-electron chi connectivity index (χ3n) is 2.61. The van der Waals surface area contributed by atoms with Crippen LogP contribution < -0.4 is 4.74 Å². The monoisotopic (exact) mass is 331 g/mol. The number of hydrogen-bond donors (Lipinski definition) is 1. The molecule has 0 saturated carbocycles. The molecule has 0 bridgehead atoms. The van der Waals surface area contributed by atoms with Crippen molar-refractivity contribution < 1.29 is 9.84 Å². The minimum Gasteiger partial charge on any atom is -0.487 e. The van der Waals surface area contributed by atoms with E-state index in [0.717, 1.165) is 10.0 Å². The van der Waals surface area contributed by atoms with Gasteiger partial charge in [-0.2, -0.15) is 0 Å². The van der Waals surface area contributed by atoms with Gasteiger partial charge < -0.3 is 9.84 Å². The van der Waals surface area contributed by atoms with Gasteiger partial charge in [-0.05, 0) is 43.3 Å². The molecule has 0 radical (unpaired) electrons. The predicted molar refractivity (Wildman–Crippen MR) is 81.4 cm³/mol. The summed E-state index contributed by atoms with van der Waals surface area (Å²) in [6.45, 7) is 1.78. The van der Waals surface area contributed by atoms with E-state index in [4.69, 9.17) is 4.74 Å². The van der Waals surface area contributed by atoms with Crippen LogP contribution in [0.3, 0.4) is 0 Å². The molecule has 1 aromatic carbocycles. The Kier molecular flexibility index (Phi) is 5.16. The SMILES string of the molecule is C[C@H](Oc1ccc(Br)cc1)C(O)C#Cc1cccnc1. The largest absolute Gasteiger partial charge is 0.487 e. The number of hydrogen-bond acceptors (Lipinski definition) is 3. The lowest BCUT2D eigenvalue weighted by Gasteiger charge is -2.16. The van der Waals surface area contributed by atoms with Crippen molar-refractivity contribution in [1.82, 2.24) is 4.98 Å². The molecule has 1 aromatic heterocycles. The summed E-state index contributed by atoms with van der Waals surface area (Å²) < 4.78 is 6.61. The molecule has 0 aliphatic heterocycles. The summed E-state index contributed by atoms with van der Waals surface area (Å²) >= 11 is 3.36. The average molecular weight is 332 g/mol. The van der Waals surface area contributed by atoms with Crippen LogP contribution in [0.1, 0.15) is 12.5 Å². The molecule has 1 N–H and O–H groups in total. The zero-order valence-corrected chi connectivity index (χ0v) is 12.5. The molecule has 0 spiro atoms. The summed E-state index contributed by atoms with van der Waals surface area (Å²) in [4.78, 5) is 3.96. The maximum absolute atomic E-state index is 9.97. The van der Waals surface area contributed by atoms with E-state index in [1.54, 1.807) is 25.4 Å². The molecular weight excluding hydrogens is 318 g/mol. The summed E-state index contributed by atoms with van der Waals surface area (Å²) in [7, 11) is 0. The molecule has 2 rings (SSSR count). The molecule has 0 saturated heterocycles. The zero-order valence-electron chi connectivity index (χ0n) is 11.0. The first-order valence-corrected chi connectivity index (χ1v) is 6.96. The number of nitrogens with zero attached hydrogens (tertiary/aromatic N) is 1.